The van der Waals surface area contributed by atoms with Crippen molar-refractivity contribution in [2.75, 3.05) is 13.1 Å². The van der Waals surface area contributed by atoms with Gasteiger partial charge in [0, 0.05) is 36.3 Å². The molecule has 1 saturated heterocycles. The Morgan fingerprint density at radius 2 is 1.79 bits per heavy atom. The summed E-state index contributed by atoms with van der Waals surface area (Å²) in [7, 11) is 0. The van der Waals surface area contributed by atoms with Crippen LogP contribution in [-0.2, 0) is 0 Å². The molecule has 1 fully saturated rings. The van der Waals surface area contributed by atoms with Gasteiger partial charge in [-0.05, 0) is 32.0 Å². The van der Waals surface area contributed by atoms with Crippen molar-refractivity contribution >= 4 is 11.8 Å². The number of benzene rings is 1. The van der Waals surface area contributed by atoms with Gasteiger partial charge >= 0.3 is 0 Å². The van der Waals surface area contributed by atoms with Gasteiger partial charge in [0.1, 0.15) is 0 Å². The van der Waals surface area contributed by atoms with Crippen LogP contribution in [0.25, 0.3) is 0 Å². The lowest BCUT2D eigenvalue weighted by molar-refractivity contribution is 0.0544. The molecule has 0 bridgehead atoms. The number of hydrogen-bond donors (Lipinski definition) is 2. The topological polar surface area (TPSA) is 75.4 Å². The van der Waals surface area contributed by atoms with Gasteiger partial charge in [0.05, 0.1) is 0 Å². The number of carbonyl (C=O) groups excluding carboxylic acids is 2. The average molecular weight is 261 g/mol. The van der Waals surface area contributed by atoms with Crippen molar-refractivity contribution < 1.29 is 9.59 Å². The summed E-state index contributed by atoms with van der Waals surface area (Å²) < 4.78 is 0. The second-order valence-corrected chi connectivity index (χ2v) is 5.01. The third-order valence-electron chi connectivity index (χ3n) is 3.46. The van der Waals surface area contributed by atoms with Crippen LogP contribution in [-0.4, -0.2) is 41.9 Å². The molecule has 19 heavy (non-hydrogen) atoms. The molecule has 0 spiro atoms. The van der Waals surface area contributed by atoms with E-state index in [1.54, 1.807) is 24.3 Å². The maximum absolute atomic E-state index is 12.5. The van der Waals surface area contributed by atoms with Crippen LogP contribution in [0.5, 0.6) is 0 Å². The predicted molar refractivity (Wildman–Crippen MR) is 72.9 cm³/mol. The Morgan fingerprint density at radius 1 is 1.21 bits per heavy atom. The van der Waals surface area contributed by atoms with Crippen LogP contribution < -0.4 is 11.1 Å². The second kappa shape index (κ2) is 5.40. The number of nitrogens with two attached hydrogens (primary N) is 1. The number of amides is 2. The van der Waals surface area contributed by atoms with Gasteiger partial charge in [0.25, 0.3) is 5.91 Å². The first-order valence-corrected chi connectivity index (χ1v) is 6.44. The monoisotopic (exact) mass is 261 g/mol. The molecule has 5 heteroatoms. The van der Waals surface area contributed by atoms with Crippen molar-refractivity contribution in [3.63, 3.8) is 0 Å². The quantitative estimate of drug-likeness (QED) is 0.819. The third kappa shape index (κ3) is 2.76. The zero-order valence-electron chi connectivity index (χ0n) is 11.2. The van der Waals surface area contributed by atoms with Crippen LogP contribution in [0.3, 0.4) is 0 Å². The first-order chi connectivity index (χ1) is 9.00. The molecule has 2 amide bonds. The van der Waals surface area contributed by atoms with Crippen LogP contribution in [0.15, 0.2) is 24.3 Å². The Morgan fingerprint density at radius 3 is 2.37 bits per heavy atom. The Kier molecular flexibility index (Phi) is 3.85. The van der Waals surface area contributed by atoms with E-state index in [1.807, 2.05) is 18.7 Å². The maximum atomic E-state index is 12.5. The molecule has 1 aliphatic heterocycles. The normalized spacial score (nSPS) is 23.2. The third-order valence-corrected chi connectivity index (χ3v) is 3.46. The van der Waals surface area contributed by atoms with E-state index >= 15 is 0 Å². The highest BCUT2D eigenvalue weighted by Crippen LogP contribution is 2.16. The molecule has 102 valence electrons. The van der Waals surface area contributed by atoms with E-state index in [0.29, 0.717) is 11.1 Å². The summed E-state index contributed by atoms with van der Waals surface area (Å²) in [5, 5.41) is 3.28. The molecular formula is C14H19N3O2. The minimum Gasteiger partial charge on any atom is -0.366 e. The van der Waals surface area contributed by atoms with Crippen LogP contribution in [0, 0.1) is 0 Å². The molecule has 1 heterocycles. The maximum Gasteiger partial charge on any atom is 0.254 e. The number of nitrogens with zero attached hydrogens (tertiary/aromatic N) is 1. The number of rotatable bonds is 2. The summed E-state index contributed by atoms with van der Waals surface area (Å²) in [5.41, 5.74) is 6.12. The molecule has 0 saturated carbocycles. The number of hydrogen-bond acceptors (Lipinski definition) is 3. The smallest absolute Gasteiger partial charge is 0.254 e. The summed E-state index contributed by atoms with van der Waals surface area (Å²) in [6, 6.07) is 6.85. The average Bonchev–Trinajstić information content (AvgIpc) is 2.38. The molecular weight excluding hydrogens is 242 g/mol. The molecule has 2 rings (SSSR count). The standard InChI is InChI=1S/C14H19N3O2/c1-9-7-16-8-10(2)17(9)14(19)12-5-3-4-11(6-12)13(15)18/h3-6,9-10,16H,7-8H2,1-2H3,(H2,15,18). The molecule has 1 aromatic rings. The van der Waals surface area contributed by atoms with E-state index < -0.39 is 5.91 Å². The van der Waals surface area contributed by atoms with Crippen LogP contribution in [0.4, 0.5) is 0 Å². The molecule has 1 aliphatic rings. The van der Waals surface area contributed by atoms with Gasteiger partial charge in [-0.1, -0.05) is 6.07 Å². The lowest BCUT2D eigenvalue weighted by atomic mass is 10.0. The molecule has 3 N–H and O–H groups in total. The van der Waals surface area contributed by atoms with Gasteiger partial charge < -0.3 is 16.0 Å². The highest BCUT2D eigenvalue weighted by atomic mass is 16.2. The summed E-state index contributed by atoms with van der Waals surface area (Å²) in [6.45, 7) is 5.59. The van der Waals surface area contributed by atoms with E-state index in [1.165, 1.54) is 0 Å². The molecule has 5 nitrogen and oxygen atoms in total. The molecule has 0 radical (unpaired) electrons. The molecule has 2 unspecified atom stereocenters. The summed E-state index contributed by atoms with van der Waals surface area (Å²) in [6.07, 6.45) is 0. The van der Waals surface area contributed by atoms with Crippen molar-refractivity contribution in [1.29, 1.82) is 0 Å². The first-order valence-electron chi connectivity index (χ1n) is 6.44. The number of piperazine rings is 1. The Bertz CT molecular complexity index is 491. The van der Waals surface area contributed by atoms with Crippen molar-refractivity contribution in [2.45, 2.75) is 25.9 Å². The SMILES string of the molecule is CC1CNCC(C)N1C(=O)c1cccc(C(N)=O)c1. The van der Waals surface area contributed by atoms with Gasteiger partial charge in [0.2, 0.25) is 5.91 Å². The highest BCUT2D eigenvalue weighted by Gasteiger charge is 2.29. The first kappa shape index (κ1) is 13.5. The highest BCUT2D eigenvalue weighted by molar-refractivity contribution is 5.99. The zero-order chi connectivity index (χ0) is 14.0. The summed E-state index contributed by atoms with van der Waals surface area (Å²) >= 11 is 0. The minimum absolute atomic E-state index is 0.0513. The summed E-state index contributed by atoms with van der Waals surface area (Å²) in [5.74, 6) is -0.569. The zero-order valence-corrected chi connectivity index (χ0v) is 11.2. The fourth-order valence-electron chi connectivity index (χ4n) is 2.49. The predicted octanol–water partition coefficient (Wildman–Crippen LogP) is 0.608. The molecule has 1 aromatic carbocycles. The number of primary amides is 1. The lowest BCUT2D eigenvalue weighted by Crippen LogP contribution is -2.57. The molecule has 0 aliphatic carbocycles. The van der Waals surface area contributed by atoms with Gasteiger partial charge in [0.15, 0.2) is 0 Å². The van der Waals surface area contributed by atoms with Gasteiger partial charge in [-0.3, -0.25) is 9.59 Å². The summed E-state index contributed by atoms with van der Waals surface area (Å²) in [4.78, 5) is 25.6. The minimum atomic E-state index is -0.518. The fraction of sp³-hybridized carbons (Fsp3) is 0.429. The largest absolute Gasteiger partial charge is 0.366 e. The molecule has 0 aromatic heterocycles. The Labute approximate surface area is 112 Å². The van der Waals surface area contributed by atoms with Crippen LogP contribution in [0.1, 0.15) is 34.6 Å². The van der Waals surface area contributed by atoms with Gasteiger partial charge in [-0.25, -0.2) is 0 Å². The number of carbonyl (C=O) groups is 2. The van der Waals surface area contributed by atoms with Crippen molar-refractivity contribution in [1.82, 2.24) is 10.2 Å². The van der Waals surface area contributed by atoms with E-state index in [4.69, 9.17) is 5.73 Å². The Balaban J connectivity index is 2.27. The van der Waals surface area contributed by atoms with Gasteiger partial charge in [-0.2, -0.15) is 0 Å². The molecule has 2 atom stereocenters. The van der Waals surface area contributed by atoms with E-state index in [0.717, 1.165) is 13.1 Å². The van der Waals surface area contributed by atoms with Crippen LogP contribution in [0.2, 0.25) is 0 Å². The van der Waals surface area contributed by atoms with E-state index in [-0.39, 0.29) is 18.0 Å². The van der Waals surface area contributed by atoms with Gasteiger partial charge in [-0.15, -0.1) is 0 Å². The second-order valence-electron chi connectivity index (χ2n) is 5.01. The number of nitrogens with one attached hydrogen (secondary N) is 1. The van der Waals surface area contributed by atoms with Crippen LogP contribution >= 0.6 is 0 Å². The van der Waals surface area contributed by atoms with Crippen molar-refractivity contribution in [2.24, 2.45) is 5.73 Å². The van der Waals surface area contributed by atoms with E-state index in [2.05, 4.69) is 5.32 Å². The lowest BCUT2D eigenvalue weighted by Gasteiger charge is -2.39. The van der Waals surface area contributed by atoms with Crippen molar-refractivity contribution in [3.05, 3.63) is 35.4 Å². The van der Waals surface area contributed by atoms with Crippen molar-refractivity contribution in [3.8, 4) is 0 Å². The van der Waals surface area contributed by atoms with E-state index in [9.17, 15) is 9.59 Å². The fourth-order valence-corrected chi connectivity index (χ4v) is 2.49. The Hall–Kier alpha value is -1.88.